The molecule has 1 saturated heterocycles. The zero-order valence-corrected chi connectivity index (χ0v) is 21.6. The average molecular weight is 499 g/mol. The fourth-order valence-corrected chi connectivity index (χ4v) is 5.28. The van der Waals surface area contributed by atoms with E-state index in [9.17, 15) is 9.59 Å². The number of rotatable bonds is 6. The van der Waals surface area contributed by atoms with Gasteiger partial charge in [-0.1, -0.05) is 48.0 Å². The Balaban J connectivity index is 1.39. The second-order valence-electron chi connectivity index (χ2n) is 10.6. The molecular formula is C28H35ClN2O4. The van der Waals surface area contributed by atoms with Crippen LogP contribution in [-0.4, -0.2) is 48.2 Å². The molecule has 35 heavy (non-hydrogen) atoms. The first kappa shape index (κ1) is 25.5. The monoisotopic (exact) mass is 498 g/mol. The van der Waals surface area contributed by atoms with Crippen LogP contribution in [0.5, 0.6) is 0 Å². The third-order valence-corrected chi connectivity index (χ3v) is 7.20. The fraction of sp³-hybridized carbons (Fsp3) is 0.500. The standard InChI is InChI=1S/C28H35ClN2O4/c1-27(2,3)35-26(33)30-24(19-34-18-20-8-10-22(29)11-9-20)25(32)31-16-14-28(15-17-31)13-12-21-6-4-5-7-23(21)28/h4-11,24H,12-19H2,1-3H3,(H,30,33)/t24-/m1/s1. The number of benzene rings is 2. The van der Waals surface area contributed by atoms with Gasteiger partial charge in [-0.25, -0.2) is 4.79 Å². The minimum atomic E-state index is -0.818. The van der Waals surface area contributed by atoms with Crippen molar-refractivity contribution >= 4 is 23.6 Å². The van der Waals surface area contributed by atoms with Crippen LogP contribution in [0, 0.1) is 0 Å². The molecule has 2 aromatic rings. The van der Waals surface area contributed by atoms with Gasteiger partial charge in [0.05, 0.1) is 13.2 Å². The van der Waals surface area contributed by atoms with E-state index in [2.05, 4.69) is 29.6 Å². The van der Waals surface area contributed by atoms with Gasteiger partial charge in [-0.05, 0) is 80.7 Å². The van der Waals surface area contributed by atoms with Crippen LogP contribution in [0.4, 0.5) is 4.79 Å². The molecule has 0 bridgehead atoms. The Labute approximate surface area is 212 Å². The highest BCUT2D eigenvalue weighted by Gasteiger charge is 2.42. The number of hydrogen-bond donors (Lipinski definition) is 1. The highest BCUT2D eigenvalue weighted by Crippen LogP contribution is 2.46. The molecule has 2 aliphatic rings. The van der Waals surface area contributed by atoms with Crippen LogP contribution in [0.2, 0.25) is 5.02 Å². The summed E-state index contributed by atoms with van der Waals surface area (Å²) in [5, 5.41) is 3.40. The fourth-order valence-electron chi connectivity index (χ4n) is 5.16. The average Bonchev–Trinajstić information content (AvgIpc) is 3.17. The van der Waals surface area contributed by atoms with Gasteiger partial charge in [-0.15, -0.1) is 0 Å². The summed E-state index contributed by atoms with van der Waals surface area (Å²) in [6.07, 6.45) is 3.48. The number of nitrogens with one attached hydrogen (secondary N) is 1. The number of fused-ring (bicyclic) bond motifs is 2. The molecule has 1 N–H and O–H groups in total. The molecule has 1 heterocycles. The summed E-state index contributed by atoms with van der Waals surface area (Å²) >= 11 is 5.95. The van der Waals surface area contributed by atoms with Gasteiger partial charge in [0.25, 0.3) is 0 Å². The minimum absolute atomic E-state index is 0.0607. The van der Waals surface area contributed by atoms with Crippen molar-refractivity contribution < 1.29 is 19.1 Å². The minimum Gasteiger partial charge on any atom is -0.444 e. The van der Waals surface area contributed by atoms with E-state index in [1.165, 1.54) is 11.1 Å². The molecule has 1 aliphatic carbocycles. The van der Waals surface area contributed by atoms with Crippen molar-refractivity contribution in [1.82, 2.24) is 10.2 Å². The van der Waals surface area contributed by atoms with Gasteiger partial charge in [-0.3, -0.25) is 4.79 Å². The summed E-state index contributed by atoms with van der Waals surface area (Å²) in [4.78, 5) is 27.8. The first-order valence-corrected chi connectivity index (χ1v) is 12.7. The molecule has 1 fully saturated rings. The Morgan fingerprint density at radius 2 is 1.74 bits per heavy atom. The van der Waals surface area contributed by atoms with Gasteiger partial charge in [0.1, 0.15) is 11.6 Å². The van der Waals surface area contributed by atoms with Crippen molar-refractivity contribution in [2.45, 2.75) is 70.1 Å². The first-order chi connectivity index (χ1) is 16.7. The maximum absolute atomic E-state index is 13.5. The number of alkyl carbamates (subject to hydrolysis) is 1. The number of aryl methyl sites for hydroxylation is 1. The molecular weight excluding hydrogens is 464 g/mol. The van der Waals surface area contributed by atoms with Crippen LogP contribution in [0.1, 0.15) is 56.7 Å². The number of piperidine rings is 1. The lowest BCUT2D eigenvalue weighted by molar-refractivity contribution is -0.137. The molecule has 188 valence electrons. The van der Waals surface area contributed by atoms with E-state index in [0.29, 0.717) is 24.7 Å². The highest BCUT2D eigenvalue weighted by atomic mass is 35.5. The molecule has 1 atom stereocenters. The van der Waals surface area contributed by atoms with Crippen molar-refractivity contribution in [3.63, 3.8) is 0 Å². The van der Waals surface area contributed by atoms with E-state index in [-0.39, 0.29) is 17.9 Å². The zero-order chi connectivity index (χ0) is 25.1. The summed E-state index contributed by atoms with van der Waals surface area (Å²) in [5.41, 5.74) is 3.33. The van der Waals surface area contributed by atoms with Crippen LogP contribution in [-0.2, 0) is 32.7 Å². The lowest BCUT2D eigenvalue weighted by atomic mass is 9.74. The highest BCUT2D eigenvalue weighted by molar-refractivity contribution is 6.30. The maximum atomic E-state index is 13.5. The molecule has 0 radical (unpaired) electrons. The Hall–Kier alpha value is -2.57. The Kier molecular flexibility index (Phi) is 7.72. The summed E-state index contributed by atoms with van der Waals surface area (Å²) < 4.78 is 11.3. The zero-order valence-electron chi connectivity index (χ0n) is 20.8. The van der Waals surface area contributed by atoms with Gasteiger partial charge in [0.15, 0.2) is 0 Å². The van der Waals surface area contributed by atoms with Crippen molar-refractivity contribution in [3.8, 4) is 0 Å². The first-order valence-electron chi connectivity index (χ1n) is 12.3. The Morgan fingerprint density at radius 1 is 1.06 bits per heavy atom. The number of carbonyl (C=O) groups excluding carboxylic acids is 2. The van der Waals surface area contributed by atoms with Crippen LogP contribution in [0.25, 0.3) is 0 Å². The topological polar surface area (TPSA) is 67.9 Å². The largest absolute Gasteiger partial charge is 0.444 e. The van der Waals surface area contributed by atoms with Gasteiger partial charge < -0.3 is 19.7 Å². The smallest absolute Gasteiger partial charge is 0.408 e. The predicted octanol–water partition coefficient (Wildman–Crippen LogP) is 5.26. The molecule has 0 aromatic heterocycles. The van der Waals surface area contributed by atoms with Crippen molar-refractivity contribution in [1.29, 1.82) is 0 Å². The number of hydrogen-bond acceptors (Lipinski definition) is 4. The molecule has 0 saturated carbocycles. The van der Waals surface area contributed by atoms with E-state index in [1.54, 1.807) is 32.9 Å². The van der Waals surface area contributed by atoms with Crippen LogP contribution >= 0.6 is 11.6 Å². The van der Waals surface area contributed by atoms with Gasteiger partial charge in [0.2, 0.25) is 5.91 Å². The van der Waals surface area contributed by atoms with Crippen LogP contribution in [0.15, 0.2) is 48.5 Å². The second-order valence-corrected chi connectivity index (χ2v) is 11.0. The normalized spacial score (nSPS) is 17.7. The molecule has 1 aliphatic heterocycles. The Morgan fingerprint density at radius 3 is 2.43 bits per heavy atom. The number of ether oxygens (including phenoxy) is 2. The third-order valence-electron chi connectivity index (χ3n) is 6.95. The van der Waals surface area contributed by atoms with Crippen molar-refractivity contribution in [2.24, 2.45) is 0 Å². The third kappa shape index (κ3) is 6.36. The quantitative estimate of drug-likeness (QED) is 0.590. The molecule has 2 aromatic carbocycles. The van der Waals surface area contributed by atoms with Crippen LogP contribution < -0.4 is 5.32 Å². The molecule has 2 amide bonds. The van der Waals surface area contributed by atoms with Crippen molar-refractivity contribution in [2.75, 3.05) is 19.7 Å². The van der Waals surface area contributed by atoms with E-state index in [1.807, 2.05) is 17.0 Å². The molecule has 0 unspecified atom stereocenters. The number of likely N-dealkylation sites (tertiary alicyclic amines) is 1. The van der Waals surface area contributed by atoms with E-state index in [4.69, 9.17) is 21.1 Å². The maximum Gasteiger partial charge on any atom is 0.408 e. The predicted molar refractivity (Wildman–Crippen MR) is 137 cm³/mol. The molecule has 6 nitrogen and oxygen atoms in total. The lowest BCUT2D eigenvalue weighted by Gasteiger charge is -2.41. The number of carbonyl (C=O) groups is 2. The summed E-state index contributed by atoms with van der Waals surface area (Å²) in [7, 11) is 0. The summed E-state index contributed by atoms with van der Waals surface area (Å²) in [5.74, 6) is -0.131. The second kappa shape index (κ2) is 10.6. The van der Waals surface area contributed by atoms with E-state index >= 15 is 0 Å². The summed E-state index contributed by atoms with van der Waals surface area (Å²) in [6.45, 7) is 7.09. The number of nitrogens with zero attached hydrogens (tertiary/aromatic N) is 1. The lowest BCUT2D eigenvalue weighted by Crippen LogP contribution is -2.54. The number of amides is 2. The van der Waals surface area contributed by atoms with E-state index < -0.39 is 17.7 Å². The van der Waals surface area contributed by atoms with Gasteiger partial charge >= 0.3 is 6.09 Å². The molecule has 7 heteroatoms. The van der Waals surface area contributed by atoms with Crippen LogP contribution in [0.3, 0.4) is 0 Å². The van der Waals surface area contributed by atoms with Crippen molar-refractivity contribution in [3.05, 3.63) is 70.2 Å². The molecule has 4 rings (SSSR count). The Bertz CT molecular complexity index is 1040. The SMILES string of the molecule is CC(C)(C)OC(=O)N[C@H](COCc1ccc(Cl)cc1)C(=O)N1CCC2(CCc3ccccc32)CC1. The summed E-state index contributed by atoms with van der Waals surface area (Å²) in [6, 6.07) is 15.2. The van der Waals surface area contributed by atoms with Gasteiger partial charge in [0, 0.05) is 18.1 Å². The van der Waals surface area contributed by atoms with E-state index in [0.717, 1.165) is 31.2 Å². The van der Waals surface area contributed by atoms with Gasteiger partial charge in [-0.2, -0.15) is 0 Å². The molecule has 1 spiro atoms. The number of halogens is 1.